The van der Waals surface area contributed by atoms with Crippen LogP contribution in [0.5, 0.6) is 0 Å². The van der Waals surface area contributed by atoms with E-state index in [0.717, 1.165) is 48.0 Å². The second-order valence-electron chi connectivity index (χ2n) is 5.66. The summed E-state index contributed by atoms with van der Waals surface area (Å²) in [5, 5.41) is 8.00. The highest BCUT2D eigenvalue weighted by Gasteiger charge is 2.23. The van der Waals surface area contributed by atoms with Crippen molar-refractivity contribution in [3.8, 4) is 0 Å². The molecule has 0 saturated carbocycles. The monoisotopic (exact) mass is 306 g/mol. The van der Waals surface area contributed by atoms with Gasteiger partial charge in [-0.3, -0.25) is 5.41 Å². The highest BCUT2D eigenvalue weighted by atomic mass is 32.2. The van der Waals surface area contributed by atoms with Gasteiger partial charge in [0.2, 0.25) is 0 Å². The van der Waals surface area contributed by atoms with Crippen LogP contribution in [0.3, 0.4) is 0 Å². The minimum absolute atomic E-state index is 0.173. The third kappa shape index (κ3) is 3.71. The van der Waals surface area contributed by atoms with E-state index >= 15 is 0 Å². The van der Waals surface area contributed by atoms with Crippen molar-refractivity contribution in [3.63, 3.8) is 0 Å². The maximum absolute atomic E-state index is 8.00. The third-order valence-corrected chi connectivity index (χ3v) is 4.87. The summed E-state index contributed by atoms with van der Waals surface area (Å²) in [6.45, 7) is 7.57. The molecule has 1 aliphatic heterocycles. The molecule has 0 aliphatic carbocycles. The molecule has 0 radical (unpaired) electrons. The Morgan fingerprint density at radius 2 is 2.19 bits per heavy atom. The molecule has 1 atom stereocenters. The highest BCUT2D eigenvalue weighted by Crippen LogP contribution is 2.32. The lowest BCUT2D eigenvalue weighted by Crippen LogP contribution is -2.39. The van der Waals surface area contributed by atoms with Gasteiger partial charge in [-0.05, 0) is 44.8 Å². The van der Waals surface area contributed by atoms with Crippen LogP contribution in [0.15, 0.2) is 23.1 Å². The van der Waals surface area contributed by atoms with Crippen molar-refractivity contribution in [2.75, 3.05) is 37.3 Å². The van der Waals surface area contributed by atoms with Gasteiger partial charge in [-0.15, -0.1) is 11.8 Å². The summed E-state index contributed by atoms with van der Waals surface area (Å²) in [7, 11) is 2.18. The zero-order valence-corrected chi connectivity index (χ0v) is 14.0. The molecule has 0 aromatic heterocycles. The number of nitrogens with one attached hydrogen (secondary N) is 1. The molecule has 3 N–H and O–H groups in total. The normalized spacial score (nSPS) is 20.3. The van der Waals surface area contributed by atoms with Crippen LogP contribution in [0.4, 0.5) is 5.69 Å². The van der Waals surface area contributed by atoms with Crippen LogP contribution in [-0.4, -0.2) is 49.2 Å². The van der Waals surface area contributed by atoms with Crippen molar-refractivity contribution >= 4 is 23.3 Å². The molecule has 4 nitrogen and oxygen atoms in total. The van der Waals surface area contributed by atoms with Gasteiger partial charge in [-0.2, -0.15) is 0 Å². The average molecular weight is 306 g/mol. The first-order valence-electron chi connectivity index (χ1n) is 7.60. The third-order valence-electron chi connectivity index (χ3n) is 3.93. The first-order chi connectivity index (χ1) is 10.0. The number of amidine groups is 1. The van der Waals surface area contributed by atoms with E-state index in [2.05, 4.69) is 48.9 Å². The molecule has 1 heterocycles. The quantitative estimate of drug-likeness (QED) is 0.510. The van der Waals surface area contributed by atoms with Crippen molar-refractivity contribution < 1.29 is 0 Å². The second-order valence-corrected chi connectivity index (χ2v) is 6.96. The number of hydrogen-bond donors (Lipinski definition) is 2. The summed E-state index contributed by atoms with van der Waals surface area (Å²) in [6, 6.07) is 6.69. The SMILES string of the molecule is CCSc1cccc(N2CCCN(C)CC2C)c1C(=N)N. The lowest BCUT2D eigenvalue weighted by Gasteiger charge is -2.32. The zero-order chi connectivity index (χ0) is 15.4. The van der Waals surface area contributed by atoms with Gasteiger partial charge >= 0.3 is 0 Å². The number of thioether (sulfide) groups is 1. The topological polar surface area (TPSA) is 56.4 Å². The maximum Gasteiger partial charge on any atom is 0.126 e. The van der Waals surface area contributed by atoms with E-state index in [1.165, 1.54) is 0 Å². The summed E-state index contributed by atoms with van der Waals surface area (Å²) >= 11 is 1.76. The molecular formula is C16H26N4S. The van der Waals surface area contributed by atoms with Gasteiger partial charge < -0.3 is 15.5 Å². The van der Waals surface area contributed by atoms with Gasteiger partial charge in [0, 0.05) is 29.7 Å². The van der Waals surface area contributed by atoms with Crippen LogP contribution >= 0.6 is 11.8 Å². The van der Waals surface area contributed by atoms with Crippen molar-refractivity contribution in [1.82, 2.24) is 4.90 Å². The fourth-order valence-corrected chi connectivity index (χ4v) is 3.88. The molecule has 0 bridgehead atoms. The van der Waals surface area contributed by atoms with Gasteiger partial charge in [0.25, 0.3) is 0 Å². The summed E-state index contributed by atoms with van der Waals surface area (Å²) in [5.74, 6) is 1.16. The highest BCUT2D eigenvalue weighted by molar-refractivity contribution is 7.99. The number of nitrogens with zero attached hydrogens (tertiary/aromatic N) is 2. The molecule has 21 heavy (non-hydrogen) atoms. The Morgan fingerprint density at radius 3 is 2.86 bits per heavy atom. The lowest BCUT2D eigenvalue weighted by molar-refractivity contribution is 0.337. The van der Waals surface area contributed by atoms with E-state index in [4.69, 9.17) is 11.1 Å². The fourth-order valence-electron chi connectivity index (χ4n) is 3.04. The molecule has 2 rings (SSSR count). The Kier molecular flexibility index (Phi) is 5.53. The van der Waals surface area contributed by atoms with E-state index in [0.29, 0.717) is 6.04 Å². The first kappa shape index (κ1) is 16.2. The maximum atomic E-state index is 8.00. The van der Waals surface area contributed by atoms with Gasteiger partial charge in [0.05, 0.1) is 5.56 Å². The molecule has 1 saturated heterocycles. The lowest BCUT2D eigenvalue weighted by atomic mass is 10.1. The first-order valence-corrected chi connectivity index (χ1v) is 8.58. The summed E-state index contributed by atoms with van der Waals surface area (Å²) in [5.41, 5.74) is 7.92. The average Bonchev–Trinajstić information content (AvgIpc) is 2.59. The number of hydrogen-bond acceptors (Lipinski definition) is 4. The van der Waals surface area contributed by atoms with Crippen LogP contribution in [0.25, 0.3) is 0 Å². The fraction of sp³-hybridized carbons (Fsp3) is 0.562. The molecule has 1 aromatic rings. The largest absolute Gasteiger partial charge is 0.384 e. The second kappa shape index (κ2) is 7.18. The molecular weight excluding hydrogens is 280 g/mol. The minimum Gasteiger partial charge on any atom is -0.384 e. The Bertz CT molecular complexity index is 503. The molecule has 1 aliphatic rings. The zero-order valence-electron chi connectivity index (χ0n) is 13.2. The van der Waals surface area contributed by atoms with Crippen molar-refractivity contribution in [2.45, 2.75) is 31.2 Å². The van der Waals surface area contributed by atoms with E-state index in [9.17, 15) is 0 Å². The van der Waals surface area contributed by atoms with Crippen molar-refractivity contribution in [3.05, 3.63) is 23.8 Å². The molecule has 0 amide bonds. The predicted molar refractivity (Wildman–Crippen MR) is 92.8 cm³/mol. The van der Waals surface area contributed by atoms with Crippen molar-refractivity contribution in [1.29, 1.82) is 5.41 Å². The summed E-state index contributed by atoms with van der Waals surface area (Å²) in [6.07, 6.45) is 1.14. The van der Waals surface area contributed by atoms with E-state index in [1.54, 1.807) is 11.8 Å². The van der Waals surface area contributed by atoms with Crippen LogP contribution in [-0.2, 0) is 0 Å². The smallest absolute Gasteiger partial charge is 0.126 e. The Morgan fingerprint density at radius 1 is 1.43 bits per heavy atom. The van der Waals surface area contributed by atoms with E-state index in [-0.39, 0.29) is 5.84 Å². The van der Waals surface area contributed by atoms with Gasteiger partial charge in [-0.25, -0.2) is 0 Å². The van der Waals surface area contributed by atoms with E-state index in [1.807, 2.05) is 0 Å². The van der Waals surface area contributed by atoms with Crippen LogP contribution in [0.1, 0.15) is 25.8 Å². The molecule has 0 spiro atoms. The van der Waals surface area contributed by atoms with Gasteiger partial charge in [0.1, 0.15) is 5.84 Å². The predicted octanol–water partition coefficient (Wildman–Crippen LogP) is 2.61. The molecule has 116 valence electrons. The number of anilines is 1. The number of nitrogen functional groups attached to an aromatic ring is 1. The molecule has 1 unspecified atom stereocenters. The van der Waals surface area contributed by atoms with E-state index < -0.39 is 0 Å². The van der Waals surface area contributed by atoms with Crippen LogP contribution < -0.4 is 10.6 Å². The van der Waals surface area contributed by atoms with Crippen molar-refractivity contribution in [2.24, 2.45) is 5.73 Å². The molecule has 5 heteroatoms. The number of benzene rings is 1. The standard InChI is InChI=1S/C16H26N4S/c1-4-21-14-8-5-7-13(15(14)16(17)18)20-10-6-9-19(3)11-12(20)2/h5,7-8,12H,4,6,9-11H2,1-3H3,(H3,17,18). The number of nitrogens with two attached hydrogens (primary N) is 1. The summed E-state index contributed by atoms with van der Waals surface area (Å²) < 4.78 is 0. The Hall–Kier alpha value is -1.20. The van der Waals surface area contributed by atoms with Gasteiger partial charge in [0.15, 0.2) is 0 Å². The number of rotatable bonds is 4. The minimum atomic E-state index is 0.173. The summed E-state index contributed by atoms with van der Waals surface area (Å²) in [4.78, 5) is 5.91. The molecule has 1 fully saturated rings. The Labute approximate surface area is 132 Å². The van der Waals surface area contributed by atoms with Crippen LogP contribution in [0, 0.1) is 5.41 Å². The number of likely N-dealkylation sites (N-methyl/N-ethyl adjacent to an activating group) is 1. The van der Waals surface area contributed by atoms with Gasteiger partial charge in [-0.1, -0.05) is 13.0 Å². The van der Waals surface area contributed by atoms with Crippen LogP contribution in [0.2, 0.25) is 0 Å². The molecule has 1 aromatic carbocycles. The Balaban J connectivity index is 2.42.